The number of carbonyl (C=O) groups excluding carboxylic acids is 1. The van der Waals surface area contributed by atoms with Gasteiger partial charge in [0.1, 0.15) is 5.92 Å². The second-order valence-corrected chi connectivity index (χ2v) is 2.93. The first kappa shape index (κ1) is 10.5. The molecule has 0 bridgehead atoms. The largest absolute Gasteiger partial charge is 0.465 e. The van der Waals surface area contributed by atoms with E-state index in [-0.39, 0.29) is 11.9 Å². The summed E-state index contributed by atoms with van der Waals surface area (Å²) in [7, 11) is 1.67. The zero-order chi connectivity index (χ0) is 10.7. The molecule has 78 valence electrons. The van der Waals surface area contributed by atoms with E-state index in [0.29, 0.717) is 12.4 Å². The number of aromatic nitrogens is 3. The van der Waals surface area contributed by atoms with Crippen molar-refractivity contribution in [1.82, 2.24) is 14.8 Å². The summed E-state index contributed by atoms with van der Waals surface area (Å²) in [4.78, 5) is 15.3. The van der Waals surface area contributed by atoms with E-state index in [9.17, 15) is 4.79 Å². The Morgan fingerprint density at radius 2 is 2.36 bits per heavy atom. The first-order valence-electron chi connectivity index (χ1n) is 4.39. The van der Waals surface area contributed by atoms with Crippen LogP contribution in [0.25, 0.3) is 0 Å². The Morgan fingerprint density at radius 3 is 2.79 bits per heavy atom. The molecule has 1 rings (SSSR count). The molecule has 1 unspecified atom stereocenters. The van der Waals surface area contributed by atoms with Crippen LogP contribution in [-0.4, -0.2) is 27.3 Å². The van der Waals surface area contributed by atoms with E-state index in [2.05, 4.69) is 10.1 Å². The highest BCUT2D eigenvalue weighted by molar-refractivity contribution is 5.76. The molecule has 0 amide bonds. The summed E-state index contributed by atoms with van der Waals surface area (Å²) in [5, 5.41) is 3.99. The number of ether oxygens (including phenoxy) is 1. The molecule has 1 heterocycles. The monoisotopic (exact) mass is 198 g/mol. The molecule has 0 aliphatic heterocycles. The van der Waals surface area contributed by atoms with Crippen molar-refractivity contribution < 1.29 is 9.53 Å². The molecule has 1 aromatic heterocycles. The number of nitrogen functional groups attached to an aromatic ring is 1. The average Bonchev–Trinajstić information content (AvgIpc) is 2.46. The fourth-order valence-corrected chi connectivity index (χ4v) is 0.973. The van der Waals surface area contributed by atoms with Crippen LogP contribution in [0.2, 0.25) is 0 Å². The third-order valence-corrected chi connectivity index (χ3v) is 1.84. The van der Waals surface area contributed by atoms with Crippen LogP contribution in [0.5, 0.6) is 0 Å². The number of hydrogen-bond donors (Lipinski definition) is 1. The van der Waals surface area contributed by atoms with Crippen molar-refractivity contribution in [3.05, 3.63) is 5.82 Å². The Hall–Kier alpha value is -1.59. The lowest BCUT2D eigenvalue weighted by atomic mass is 10.2. The van der Waals surface area contributed by atoms with Gasteiger partial charge in [-0.15, -0.1) is 0 Å². The summed E-state index contributed by atoms with van der Waals surface area (Å²) in [6.07, 6.45) is 0. The zero-order valence-electron chi connectivity index (χ0n) is 8.52. The molecule has 6 nitrogen and oxygen atoms in total. The number of anilines is 1. The van der Waals surface area contributed by atoms with Crippen LogP contribution in [0, 0.1) is 0 Å². The topological polar surface area (TPSA) is 83.0 Å². The van der Waals surface area contributed by atoms with Gasteiger partial charge in [-0.25, -0.2) is 4.68 Å². The molecule has 0 fully saturated rings. The molecular formula is C8H14N4O2. The van der Waals surface area contributed by atoms with Gasteiger partial charge in [-0.3, -0.25) is 4.79 Å². The van der Waals surface area contributed by atoms with Crippen LogP contribution < -0.4 is 5.73 Å². The second-order valence-electron chi connectivity index (χ2n) is 2.93. The molecule has 0 saturated heterocycles. The molecule has 0 aromatic carbocycles. The van der Waals surface area contributed by atoms with Gasteiger partial charge in [0.15, 0.2) is 5.82 Å². The van der Waals surface area contributed by atoms with E-state index in [4.69, 9.17) is 10.5 Å². The minimum absolute atomic E-state index is 0.288. The smallest absolute Gasteiger partial charge is 0.316 e. The van der Waals surface area contributed by atoms with Crippen molar-refractivity contribution in [1.29, 1.82) is 0 Å². The molecule has 1 atom stereocenters. The van der Waals surface area contributed by atoms with E-state index in [1.54, 1.807) is 20.9 Å². The number of nitrogens with two attached hydrogens (primary N) is 1. The van der Waals surface area contributed by atoms with Gasteiger partial charge < -0.3 is 10.5 Å². The standard InChI is InChI=1S/C8H14N4O2/c1-4-14-7(13)5(2)6-10-8(9)12(3)11-6/h5H,4H2,1-3H3,(H2,9,10,11). The Morgan fingerprint density at radius 1 is 1.71 bits per heavy atom. The van der Waals surface area contributed by atoms with Gasteiger partial charge in [0.2, 0.25) is 5.95 Å². The number of hydrogen-bond acceptors (Lipinski definition) is 5. The third kappa shape index (κ3) is 2.01. The average molecular weight is 198 g/mol. The maximum atomic E-state index is 11.3. The van der Waals surface area contributed by atoms with Crippen molar-refractivity contribution in [3.63, 3.8) is 0 Å². The second kappa shape index (κ2) is 4.08. The predicted molar refractivity (Wildman–Crippen MR) is 50.5 cm³/mol. The summed E-state index contributed by atoms with van der Waals surface area (Å²) < 4.78 is 6.26. The highest BCUT2D eigenvalue weighted by Crippen LogP contribution is 2.13. The molecule has 6 heteroatoms. The highest BCUT2D eigenvalue weighted by atomic mass is 16.5. The van der Waals surface area contributed by atoms with Gasteiger partial charge in [-0.05, 0) is 13.8 Å². The molecule has 0 aliphatic carbocycles. The first-order valence-corrected chi connectivity index (χ1v) is 4.39. The zero-order valence-corrected chi connectivity index (χ0v) is 8.52. The Balaban J connectivity index is 2.78. The SMILES string of the molecule is CCOC(=O)C(C)c1nc(N)n(C)n1. The molecule has 0 saturated carbocycles. The lowest BCUT2D eigenvalue weighted by molar-refractivity contribution is -0.144. The number of esters is 1. The van der Waals surface area contributed by atoms with Crippen LogP contribution in [-0.2, 0) is 16.6 Å². The fraction of sp³-hybridized carbons (Fsp3) is 0.625. The van der Waals surface area contributed by atoms with Gasteiger partial charge in [-0.2, -0.15) is 10.1 Å². The number of nitrogens with zero attached hydrogens (tertiary/aromatic N) is 3. The molecule has 0 radical (unpaired) electrons. The van der Waals surface area contributed by atoms with E-state index >= 15 is 0 Å². The molecule has 2 N–H and O–H groups in total. The van der Waals surface area contributed by atoms with E-state index < -0.39 is 5.92 Å². The fourth-order valence-electron chi connectivity index (χ4n) is 0.973. The number of aryl methyl sites for hydroxylation is 1. The summed E-state index contributed by atoms with van der Waals surface area (Å²) in [6.45, 7) is 3.79. The first-order chi connectivity index (χ1) is 6.56. The van der Waals surface area contributed by atoms with Crippen LogP contribution in [0.15, 0.2) is 0 Å². The minimum Gasteiger partial charge on any atom is -0.465 e. The summed E-state index contributed by atoms with van der Waals surface area (Å²) in [6, 6.07) is 0. The van der Waals surface area contributed by atoms with Gasteiger partial charge in [0.05, 0.1) is 6.61 Å². The highest BCUT2D eigenvalue weighted by Gasteiger charge is 2.21. The van der Waals surface area contributed by atoms with Gasteiger partial charge in [-0.1, -0.05) is 0 Å². The lowest BCUT2D eigenvalue weighted by Crippen LogP contribution is -2.14. The van der Waals surface area contributed by atoms with E-state index in [1.807, 2.05) is 0 Å². The van der Waals surface area contributed by atoms with Gasteiger partial charge >= 0.3 is 5.97 Å². The third-order valence-electron chi connectivity index (χ3n) is 1.84. The maximum absolute atomic E-state index is 11.3. The van der Waals surface area contributed by atoms with E-state index in [0.717, 1.165) is 0 Å². The Kier molecular flexibility index (Phi) is 3.06. The van der Waals surface area contributed by atoms with Crippen molar-refractivity contribution in [2.45, 2.75) is 19.8 Å². The predicted octanol–water partition coefficient (Wildman–Crippen LogP) is 0.0639. The Labute approximate surface area is 82.1 Å². The maximum Gasteiger partial charge on any atom is 0.316 e. The normalized spacial score (nSPS) is 12.5. The van der Waals surface area contributed by atoms with Crippen molar-refractivity contribution in [2.24, 2.45) is 7.05 Å². The molecule has 1 aromatic rings. The molecule has 14 heavy (non-hydrogen) atoms. The molecule has 0 aliphatic rings. The van der Waals surface area contributed by atoms with Crippen LogP contribution in [0.1, 0.15) is 25.6 Å². The minimum atomic E-state index is -0.474. The Bertz CT molecular complexity index is 315. The van der Waals surface area contributed by atoms with Crippen LogP contribution >= 0.6 is 0 Å². The van der Waals surface area contributed by atoms with Crippen LogP contribution in [0.3, 0.4) is 0 Å². The number of rotatable bonds is 3. The summed E-state index contributed by atoms with van der Waals surface area (Å²) in [5.74, 6) is -0.129. The quantitative estimate of drug-likeness (QED) is 0.694. The van der Waals surface area contributed by atoms with E-state index in [1.165, 1.54) is 4.68 Å². The van der Waals surface area contributed by atoms with Gasteiger partial charge in [0.25, 0.3) is 0 Å². The van der Waals surface area contributed by atoms with Crippen molar-refractivity contribution >= 4 is 11.9 Å². The summed E-state index contributed by atoms with van der Waals surface area (Å²) >= 11 is 0. The lowest BCUT2D eigenvalue weighted by Gasteiger charge is -2.05. The summed E-state index contributed by atoms with van der Waals surface area (Å²) in [5.41, 5.74) is 5.49. The van der Waals surface area contributed by atoms with Crippen molar-refractivity contribution in [3.8, 4) is 0 Å². The molecule has 0 spiro atoms. The number of carbonyl (C=O) groups is 1. The molecular weight excluding hydrogens is 184 g/mol. The van der Waals surface area contributed by atoms with Gasteiger partial charge in [0, 0.05) is 7.05 Å². The van der Waals surface area contributed by atoms with Crippen LogP contribution in [0.4, 0.5) is 5.95 Å². The van der Waals surface area contributed by atoms with Crippen molar-refractivity contribution in [2.75, 3.05) is 12.3 Å².